The van der Waals surface area contributed by atoms with Crippen molar-refractivity contribution in [1.82, 2.24) is 24.7 Å². The van der Waals surface area contributed by atoms with Gasteiger partial charge in [-0.15, -0.1) is 0 Å². The molecule has 2 aromatic carbocycles. The largest absolute Gasteiger partial charge is 0.465 e. The van der Waals surface area contributed by atoms with Gasteiger partial charge < -0.3 is 20.2 Å². The number of carbonyl (C=O) groups excluding carboxylic acids is 2. The molecule has 0 saturated carbocycles. The fourth-order valence-electron chi connectivity index (χ4n) is 5.35. The molecular weight excluding hydrogens is 546 g/mol. The number of piperidine rings is 1. The quantitative estimate of drug-likeness (QED) is 0.442. The van der Waals surface area contributed by atoms with Gasteiger partial charge in [-0.05, 0) is 54.8 Å². The van der Waals surface area contributed by atoms with E-state index in [1.54, 1.807) is 51.8 Å². The first-order valence-corrected chi connectivity index (χ1v) is 14.6. The van der Waals surface area contributed by atoms with E-state index in [1.165, 1.54) is 12.1 Å². The molecule has 0 radical (unpaired) electrons. The first kappa shape index (κ1) is 26.9. The van der Waals surface area contributed by atoms with Crippen molar-refractivity contribution in [3.05, 3.63) is 59.1 Å². The summed E-state index contributed by atoms with van der Waals surface area (Å²) in [4.78, 5) is 45.1. The number of fused-ring (bicyclic) bond motifs is 2. The number of aromatic nitrogens is 2. The Kier molecular flexibility index (Phi) is 7.25. The Hall–Kier alpha value is -3.64. The highest BCUT2D eigenvalue weighted by molar-refractivity contribution is 7.91. The van der Waals surface area contributed by atoms with E-state index in [0.29, 0.717) is 48.7 Å². The number of imidazole rings is 1. The summed E-state index contributed by atoms with van der Waals surface area (Å²) in [7, 11) is -3.93. The maximum Gasteiger partial charge on any atom is 0.404 e. The first-order valence-electron chi connectivity index (χ1n) is 12.6. The van der Waals surface area contributed by atoms with Gasteiger partial charge in [-0.25, -0.2) is 23.0 Å². The number of nitrogens with one attached hydrogen (secondary N) is 1. The maximum absolute atomic E-state index is 13.5. The Morgan fingerprint density at radius 2 is 1.85 bits per heavy atom. The zero-order valence-corrected chi connectivity index (χ0v) is 22.8. The van der Waals surface area contributed by atoms with Crippen LogP contribution in [0.5, 0.6) is 0 Å². The van der Waals surface area contributed by atoms with Crippen LogP contribution in [0.2, 0.25) is 5.02 Å². The van der Waals surface area contributed by atoms with Crippen LogP contribution >= 0.6 is 11.6 Å². The summed E-state index contributed by atoms with van der Waals surface area (Å²) in [5.74, 6) is -1.45. The third-order valence-corrected chi connectivity index (χ3v) is 9.45. The Bertz CT molecular complexity index is 1560. The number of hydrogen-bond acceptors (Lipinski definition) is 6. The van der Waals surface area contributed by atoms with E-state index < -0.39 is 33.5 Å². The summed E-state index contributed by atoms with van der Waals surface area (Å²) in [6, 6.07) is 9.56. The fourth-order valence-corrected chi connectivity index (χ4v) is 7.10. The highest BCUT2D eigenvalue weighted by Crippen LogP contribution is 2.28. The summed E-state index contributed by atoms with van der Waals surface area (Å²) in [5, 5.41) is 13.3. The number of hydrogen-bond donors (Lipinski definition) is 2. The van der Waals surface area contributed by atoms with Gasteiger partial charge in [0.1, 0.15) is 5.82 Å². The minimum atomic E-state index is -3.93. The van der Waals surface area contributed by atoms with Crippen LogP contribution in [-0.2, 0) is 21.2 Å². The van der Waals surface area contributed by atoms with Crippen molar-refractivity contribution in [1.29, 1.82) is 0 Å². The van der Waals surface area contributed by atoms with Crippen molar-refractivity contribution >= 4 is 50.2 Å². The predicted molar refractivity (Wildman–Crippen MR) is 143 cm³/mol. The zero-order chi connectivity index (χ0) is 27.9. The number of sulfone groups is 1. The van der Waals surface area contributed by atoms with Crippen LogP contribution in [0.25, 0.3) is 10.8 Å². The van der Waals surface area contributed by atoms with Gasteiger partial charge in [0.2, 0.25) is 5.91 Å². The molecule has 2 aliphatic rings. The third kappa shape index (κ3) is 5.44. The van der Waals surface area contributed by atoms with Gasteiger partial charge in [-0.3, -0.25) is 9.36 Å². The topological polar surface area (TPSA) is 142 Å². The molecule has 1 saturated heterocycles. The van der Waals surface area contributed by atoms with E-state index >= 15 is 0 Å². The average molecular weight is 574 g/mol. The van der Waals surface area contributed by atoms with Crippen LogP contribution in [0.4, 0.5) is 9.59 Å². The molecule has 1 aromatic heterocycles. The lowest BCUT2D eigenvalue weighted by atomic mass is 10.0. The third-order valence-electron chi connectivity index (χ3n) is 7.40. The number of nitrogens with zero attached hydrogens (tertiary/aromatic N) is 4. The normalized spacial score (nSPS) is 16.9. The van der Waals surface area contributed by atoms with Crippen molar-refractivity contribution < 1.29 is 27.9 Å². The molecule has 0 spiro atoms. The molecule has 3 heterocycles. The van der Waals surface area contributed by atoms with Gasteiger partial charge in [-0.2, -0.15) is 0 Å². The van der Waals surface area contributed by atoms with Crippen LogP contribution in [-0.4, -0.2) is 82.3 Å². The van der Waals surface area contributed by atoms with Gasteiger partial charge in [0.05, 0.1) is 35.0 Å². The van der Waals surface area contributed by atoms with Crippen LogP contribution < -0.4 is 5.32 Å². The fraction of sp³-hybridized carbons (Fsp3) is 0.385. The molecule has 206 valence electrons. The number of rotatable bonds is 7. The molecular formula is C26H28ClN5O6S. The van der Waals surface area contributed by atoms with Crippen molar-refractivity contribution in [2.45, 2.75) is 37.2 Å². The lowest BCUT2D eigenvalue weighted by Gasteiger charge is -2.37. The van der Waals surface area contributed by atoms with Gasteiger partial charge in [0.25, 0.3) is 0 Å². The molecule has 13 heteroatoms. The smallest absolute Gasteiger partial charge is 0.404 e. The number of aryl methyl sites for hydroxylation is 1. The second kappa shape index (κ2) is 10.5. The number of benzene rings is 2. The molecule has 11 nitrogen and oxygen atoms in total. The molecule has 3 aromatic rings. The number of halogens is 1. The molecule has 0 aliphatic carbocycles. The van der Waals surface area contributed by atoms with E-state index in [0.717, 1.165) is 11.1 Å². The molecule has 2 aliphatic heterocycles. The number of carboxylic acid groups (broad SMARTS) is 1. The lowest BCUT2D eigenvalue weighted by Crippen LogP contribution is -2.50. The molecule has 1 atom stereocenters. The van der Waals surface area contributed by atoms with E-state index in [1.807, 2.05) is 0 Å². The Morgan fingerprint density at radius 3 is 2.54 bits per heavy atom. The van der Waals surface area contributed by atoms with Crippen molar-refractivity contribution in [3.8, 4) is 0 Å². The minimum Gasteiger partial charge on any atom is -0.465 e. The second-order valence-corrected chi connectivity index (χ2v) is 12.4. The maximum atomic E-state index is 13.5. The van der Waals surface area contributed by atoms with Crippen LogP contribution in [0.1, 0.15) is 24.4 Å². The summed E-state index contributed by atoms with van der Waals surface area (Å²) in [6.07, 6.45) is 1.42. The Morgan fingerprint density at radius 1 is 1.15 bits per heavy atom. The van der Waals surface area contributed by atoms with Gasteiger partial charge in [-0.1, -0.05) is 23.7 Å². The predicted octanol–water partition coefficient (Wildman–Crippen LogP) is 3.13. The summed E-state index contributed by atoms with van der Waals surface area (Å²) in [5.41, 5.74) is 0.831. The van der Waals surface area contributed by atoms with Crippen molar-refractivity contribution in [3.63, 3.8) is 0 Å². The molecule has 3 amide bonds. The molecule has 0 unspecified atom stereocenters. The lowest BCUT2D eigenvalue weighted by molar-refractivity contribution is -0.136. The molecule has 2 N–H and O–H groups in total. The number of likely N-dealkylation sites (tertiary alicyclic amines) is 1. The van der Waals surface area contributed by atoms with Crippen molar-refractivity contribution in [2.24, 2.45) is 5.92 Å². The molecule has 39 heavy (non-hydrogen) atoms. The van der Waals surface area contributed by atoms with E-state index in [9.17, 15) is 22.8 Å². The first-order chi connectivity index (χ1) is 18.5. The van der Waals surface area contributed by atoms with E-state index in [-0.39, 0.29) is 23.5 Å². The van der Waals surface area contributed by atoms with Crippen molar-refractivity contribution in [2.75, 3.05) is 25.4 Å². The highest BCUT2D eigenvalue weighted by atomic mass is 35.5. The van der Waals surface area contributed by atoms with E-state index in [4.69, 9.17) is 16.7 Å². The zero-order valence-electron chi connectivity index (χ0n) is 21.2. The number of carbonyl (C=O) groups is 3. The molecule has 1 fully saturated rings. The number of amides is 3. The Labute approximate surface area is 230 Å². The van der Waals surface area contributed by atoms with Crippen LogP contribution in [0.3, 0.4) is 0 Å². The SMILES string of the molecule is Cc1ncc2n1C(=O)N(C1CCN(C(=O)[C@H](CNC(=O)O)CS(=O)(=O)c3ccc4cc(Cl)ccc4c3)CC1)C2. The molecule has 0 bridgehead atoms. The van der Waals surface area contributed by atoms with Gasteiger partial charge in [0.15, 0.2) is 9.84 Å². The standard InChI is InChI=1S/C26H28ClN5O6S/c1-16-28-13-22-14-31(26(36)32(16)22)21-6-8-30(9-7-21)24(33)19(12-29-25(34)35)15-39(37,38)23-5-3-17-10-20(27)4-2-18(17)11-23/h2-5,10-11,13,19,21,29H,6-9,12,14-15H2,1H3,(H,34,35)/t19-/m1/s1. The van der Waals surface area contributed by atoms with E-state index in [2.05, 4.69) is 10.3 Å². The Balaban J connectivity index is 1.28. The highest BCUT2D eigenvalue weighted by Gasteiger charge is 2.38. The summed E-state index contributed by atoms with van der Waals surface area (Å²) >= 11 is 6.02. The summed E-state index contributed by atoms with van der Waals surface area (Å²) in [6.45, 7) is 2.57. The minimum absolute atomic E-state index is 0.0467. The second-order valence-electron chi connectivity index (χ2n) is 9.92. The monoisotopic (exact) mass is 573 g/mol. The van der Waals surface area contributed by atoms with Crippen LogP contribution in [0.15, 0.2) is 47.5 Å². The summed E-state index contributed by atoms with van der Waals surface area (Å²) < 4.78 is 28.3. The van der Waals surface area contributed by atoms with Gasteiger partial charge in [0, 0.05) is 30.7 Å². The van der Waals surface area contributed by atoms with Crippen LogP contribution in [0, 0.1) is 12.8 Å². The molecule has 5 rings (SSSR count). The van der Waals surface area contributed by atoms with Gasteiger partial charge >= 0.3 is 12.1 Å². The average Bonchev–Trinajstić information content (AvgIpc) is 3.44.